The van der Waals surface area contributed by atoms with E-state index in [0.29, 0.717) is 6.54 Å². The van der Waals surface area contributed by atoms with Gasteiger partial charge in [0, 0.05) is 17.1 Å². The highest BCUT2D eigenvalue weighted by molar-refractivity contribution is 6.30. The molecule has 0 radical (unpaired) electrons. The Kier molecular flexibility index (Phi) is 5.06. The first-order chi connectivity index (χ1) is 9.49. The van der Waals surface area contributed by atoms with Crippen LogP contribution >= 0.6 is 11.6 Å². The third-order valence-electron chi connectivity index (χ3n) is 4.20. The van der Waals surface area contributed by atoms with Crippen LogP contribution in [0.3, 0.4) is 0 Å². The molecule has 2 rings (SSSR count). The van der Waals surface area contributed by atoms with E-state index in [0.717, 1.165) is 37.1 Å². The van der Waals surface area contributed by atoms with Crippen molar-refractivity contribution in [3.63, 3.8) is 0 Å². The van der Waals surface area contributed by atoms with Gasteiger partial charge in [-0.3, -0.25) is 4.79 Å². The summed E-state index contributed by atoms with van der Waals surface area (Å²) in [6.07, 6.45) is 4.88. The topological polar surface area (TPSA) is 55.1 Å². The molecule has 0 bridgehead atoms. The largest absolute Gasteiger partial charge is 0.355 e. The third-order valence-corrected chi connectivity index (χ3v) is 4.45. The fourth-order valence-corrected chi connectivity index (χ4v) is 3.02. The monoisotopic (exact) mass is 294 g/mol. The molecule has 1 aromatic rings. The predicted octanol–water partition coefficient (Wildman–Crippen LogP) is 2.91. The molecule has 0 heterocycles. The van der Waals surface area contributed by atoms with Crippen molar-refractivity contribution in [3.05, 3.63) is 34.9 Å². The highest BCUT2D eigenvalue weighted by atomic mass is 35.5. The predicted molar refractivity (Wildman–Crippen MR) is 82.7 cm³/mol. The van der Waals surface area contributed by atoms with Crippen LogP contribution in [-0.2, 0) is 11.2 Å². The minimum Gasteiger partial charge on any atom is -0.355 e. The fourth-order valence-electron chi connectivity index (χ4n) is 2.89. The van der Waals surface area contributed by atoms with Crippen molar-refractivity contribution in [2.75, 3.05) is 6.54 Å². The highest BCUT2D eigenvalue weighted by Gasteiger charge is 2.37. The van der Waals surface area contributed by atoms with E-state index in [9.17, 15) is 4.79 Å². The Labute approximate surface area is 125 Å². The Morgan fingerprint density at radius 1 is 1.40 bits per heavy atom. The summed E-state index contributed by atoms with van der Waals surface area (Å²) < 4.78 is 0. The molecule has 2 atom stereocenters. The highest BCUT2D eigenvalue weighted by Crippen LogP contribution is 2.31. The van der Waals surface area contributed by atoms with Crippen LogP contribution < -0.4 is 11.1 Å². The number of nitrogens with two attached hydrogens (primary N) is 1. The minimum absolute atomic E-state index is 0.0542. The van der Waals surface area contributed by atoms with E-state index in [2.05, 4.69) is 5.32 Å². The lowest BCUT2D eigenvalue weighted by Crippen LogP contribution is -2.53. The first-order valence-corrected chi connectivity index (χ1v) is 7.68. The molecule has 1 fully saturated rings. The van der Waals surface area contributed by atoms with E-state index in [1.807, 2.05) is 31.2 Å². The van der Waals surface area contributed by atoms with Crippen LogP contribution in [0.2, 0.25) is 5.02 Å². The second-order valence-electron chi connectivity index (χ2n) is 5.97. The molecule has 20 heavy (non-hydrogen) atoms. The standard InChI is InChI=1S/C16H23ClN2O/c1-16(18)10-3-2-4-14(16)15(20)19-11-9-12-5-7-13(17)8-6-12/h5-8,14H,2-4,9-11,18H2,1H3,(H,19,20). The summed E-state index contributed by atoms with van der Waals surface area (Å²) in [5.74, 6) is 0.0464. The van der Waals surface area contributed by atoms with Gasteiger partial charge in [-0.25, -0.2) is 0 Å². The van der Waals surface area contributed by atoms with Gasteiger partial charge in [0.15, 0.2) is 0 Å². The number of halogens is 1. The number of hydrogen-bond acceptors (Lipinski definition) is 2. The zero-order valence-electron chi connectivity index (χ0n) is 12.0. The first-order valence-electron chi connectivity index (χ1n) is 7.30. The Balaban J connectivity index is 1.81. The van der Waals surface area contributed by atoms with Crippen molar-refractivity contribution in [3.8, 4) is 0 Å². The van der Waals surface area contributed by atoms with Crippen LogP contribution in [0, 0.1) is 5.92 Å². The Morgan fingerprint density at radius 3 is 2.75 bits per heavy atom. The molecule has 2 unspecified atom stereocenters. The zero-order valence-corrected chi connectivity index (χ0v) is 12.7. The summed E-state index contributed by atoms with van der Waals surface area (Å²) in [7, 11) is 0. The number of hydrogen-bond donors (Lipinski definition) is 2. The van der Waals surface area contributed by atoms with Gasteiger partial charge in [0.05, 0.1) is 5.92 Å². The molecule has 1 aliphatic carbocycles. The second-order valence-corrected chi connectivity index (χ2v) is 6.41. The molecule has 0 aliphatic heterocycles. The maximum atomic E-state index is 12.2. The Morgan fingerprint density at radius 2 is 2.10 bits per heavy atom. The van der Waals surface area contributed by atoms with Crippen LogP contribution in [0.4, 0.5) is 0 Å². The molecular formula is C16H23ClN2O. The Hall–Kier alpha value is -1.06. The quantitative estimate of drug-likeness (QED) is 0.897. The number of benzene rings is 1. The van der Waals surface area contributed by atoms with Gasteiger partial charge in [-0.15, -0.1) is 0 Å². The van der Waals surface area contributed by atoms with Crippen molar-refractivity contribution in [1.82, 2.24) is 5.32 Å². The molecule has 1 aliphatic rings. The molecule has 4 heteroatoms. The van der Waals surface area contributed by atoms with Crippen LogP contribution in [0.1, 0.15) is 38.2 Å². The van der Waals surface area contributed by atoms with Crippen LogP contribution in [0.5, 0.6) is 0 Å². The number of rotatable bonds is 4. The van der Waals surface area contributed by atoms with Crippen LogP contribution in [0.15, 0.2) is 24.3 Å². The van der Waals surface area contributed by atoms with Gasteiger partial charge in [-0.2, -0.15) is 0 Å². The average Bonchev–Trinajstić information content (AvgIpc) is 2.40. The van der Waals surface area contributed by atoms with Crippen LogP contribution in [-0.4, -0.2) is 18.0 Å². The van der Waals surface area contributed by atoms with E-state index in [1.165, 1.54) is 5.56 Å². The van der Waals surface area contributed by atoms with E-state index in [-0.39, 0.29) is 17.4 Å². The molecule has 1 saturated carbocycles. The van der Waals surface area contributed by atoms with Gasteiger partial charge in [-0.1, -0.05) is 36.6 Å². The summed E-state index contributed by atoms with van der Waals surface area (Å²) in [4.78, 5) is 12.2. The molecule has 0 saturated heterocycles. The minimum atomic E-state index is -0.359. The number of carbonyl (C=O) groups excluding carboxylic acids is 1. The lowest BCUT2D eigenvalue weighted by molar-refractivity contribution is -0.128. The van der Waals surface area contributed by atoms with Gasteiger partial charge in [-0.05, 0) is 43.9 Å². The summed E-state index contributed by atoms with van der Waals surface area (Å²) in [6.45, 7) is 2.64. The van der Waals surface area contributed by atoms with Crippen molar-refractivity contribution >= 4 is 17.5 Å². The van der Waals surface area contributed by atoms with Crippen molar-refractivity contribution in [1.29, 1.82) is 0 Å². The van der Waals surface area contributed by atoms with Crippen molar-refractivity contribution < 1.29 is 4.79 Å². The molecule has 0 spiro atoms. The van der Waals surface area contributed by atoms with E-state index >= 15 is 0 Å². The molecule has 3 nitrogen and oxygen atoms in total. The first kappa shape index (κ1) is 15.3. The summed E-state index contributed by atoms with van der Waals surface area (Å²) >= 11 is 5.85. The lowest BCUT2D eigenvalue weighted by Gasteiger charge is -2.37. The number of amides is 1. The second kappa shape index (κ2) is 6.59. The maximum Gasteiger partial charge on any atom is 0.224 e. The molecule has 1 amide bonds. The van der Waals surface area contributed by atoms with Gasteiger partial charge in [0.2, 0.25) is 5.91 Å². The van der Waals surface area contributed by atoms with Gasteiger partial charge >= 0.3 is 0 Å². The number of nitrogens with one attached hydrogen (secondary N) is 1. The van der Waals surface area contributed by atoms with Crippen LogP contribution in [0.25, 0.3) is 0 Å². The lowest BCUT2D eigenvalue weighted by atomic mass is 9.74. The summed E-state index contributed by atoms with van der Waals surface area (Å²) in [5.41, 5.74) is 7.06. The molecular weight excluding hydrogens is 272 g/mol. The SMILES string of the molecule is CC1(N)CCCCC1C(=O)NCCc1ccc(Cl)cc1. The van der Waals surface area contributed by atoms with Crippen molar-refractivity contribution in [2.45, 2.75) is 44.6 Å². The summed E-state index contributed by atoms with van der Waals surface area (Å²) in [6, 6.07) is 7.72. The van der Waals surface area contributed by atoms with Gasteiger partial charge in [0.25, 0.3) is 0 Å². The van der Waals surface area contributed by atoms with E-state index < -0.39 is 0 Å². The normalized spacial score (nSPS) is 26.2. The molecule has 110 valence electrons. The molecule has 1 aromatic carbocycles. The smallest absolute Gasteiger partial charge is 0.224 e. The van der Waals surface area contributed by atoms with E-state index in [4.69, 9.17) is 17.3 Å². The molecule has 0 aromatic heterocycles. The fraction of sp³-hybridized carbons (Fsp3) is 0.562. The zero-order chi connectivity index (χ0) is 14.6. The van der Waals surface area contributed by atoms with Crippen molar-refractivity contribution in [2.24, 2.45) is 11.7 Å². The maximum absolute atomic E-state index is 12.2. The Bertz CT molecular complexity index is 456. The van der Waals surface area contributed by atoms with E-state index in [1.54, 1.807) is 0 Å². The number of carbonyl (C=O) groups is 1. The molecule has 3 N–H and O–H groups in total. The average molecular weight is 295 g/mol. The van der Waals surface area contributed by atoms with Gasteiger partial charge < -0.3 is 11.1 Å². The van der Waals surface area contributed by atoms with Gasteiger partial charge in [0.1, 0.15) is 0 Å². The third kappa shape index (κ3) is 3.97. The summed E-state index contributed by atoms with van der Waals surface area (Å²) in [5, 5.41) is 3.75.